The van der Waals surface area contributed by atoms with Gasteiger partial charge in [-0.15, -0.1) is 0 Å². The molecule has 1 aromatic heterocycles. The Hall–Kier alpha value is -3.55. The molecule has 0 aliphatic carbocycles. The second kappa shape index (κ2) is 9.98. The molecule has 2 aliphatic heterocycles. The van der Waals surface area contributed by atoms with Crippen LogP contribution in [0.5, 0.6) is 5.75 Å². The van der Waals surface area contributed by atoms with Gasteiger partial charge in [-0.3, -0.25) is 4.79 Å². The fraction of sp³-hybridized carbons (Fsp3) is 0.444. The second-order valence-corrected chi connectivity index (χ2v) is 9.49. The minimum absolute atomic E-state index is 0.0582. The number of methoxy groups -OCH3 is 1. The van der Waals surface area contributed by atoms with Gasteiger partial charge in [0.1, 0.15) is 5.75 Å². The highest BCUT2D eigenvalue weighted by Crippen LogP contribution is 2.28. The van der Waals surface area contributed by atoms with E-state index >= 15 is 0 Å². The molecule has 2 aromatic carbocycles. The van der Waals surface area contributed by atoms with Gasteiger partial charge in [0, 0.05) is 56.4 Å². The predicted molar refractivity (Wildman–Crippen MR) is 136 cm³/mol. The van der Waals surface area contributed by atoms with E-state index in [1.807, 2.05) is 24.3 Å². The van der Waals surface area contributed by atoms with E-state index in [0.717, 1.165) is 63.4 Å². The molecule has 5 rings (SSSR count). The number of carbonyl (C=O) groups excluding carboxylic acids is 1. The Morgan fingerprint density at radius 1 is 0.943 bits per heavy atom. The lowest BCUT2D eigenvalue weighted by Crippen LogP contribution is -2.51. The van der Waals surface area contributed by atoms with E-state index in [4.69, 9.17) is 9.26 Å². The van der Waals surface area contributed by atoms with Crippen LogP contribution in [0.4, 0.5) is 11.7 Å². The van der Waals surface area contributed by atoms with Gasteiger partial charge in [-0.2, -0.15) is 4.98 Å². The molecule has 0 radical (unpaired) electrons. The van der Waals surface area contributed by atoms with Crippen LogP contribution in [-0.4, -0.2) is 67.3 Å². The van der Waals surface area contributed by atoms with Crippen molar-refractivity contribution in [3.63, 3.8) is 0 Å². The Morgan fingerprint density at radius 2 is 1.66 bits per heavy atom. The second-order valence-electron chi connectivity index (χ2n) is 9.49. The van der Waals surface area contributed by atoms with E-state index in [1.54, 1.807) is 7.11 Å². The minimum atomic E-state index is 0.0582. The molecule has 0 unspecified atom stereocenters. The number of benzene rings is 2. The zero-order valence-electron chi connectivity index (χ0n) is 20.7. The third kappa shape index (κ3) is 4.97. The lowest BCUT2D eigenvalue weighted by Gasteiger charge is -2.39. The zero-order valence-corrected chi connectivity index (χ0v) is 20.7. The highest BCUT2D eigenvalue weighted by atomic mass is 16.5. The van der Waals surface area contributed by atoms with Crippen molar-refractivity contribution in [3.05, 3.63) is 53.6 Å². The molecule has 2 saturated heterocycles. The fourth-order valence-electron chi connectivity index (χ4n) is 5.11. The van der Waals surface area contributed by atoms with Crippen LogP contribution in [-0.2, 0) is 4.79 Å². The average molecular weight is 476 g/mol. The first-order valence-electron chi connectivity index (χ1n) is 12.4. The summed E-state index contributed by atoms with van der Waals surface area (Å²) in [7, 11) is 1.64. The molecule has 184 valence electrons. The van der Waals surface area contributed by atoms with Gasteiger partial charge in [0.25, 0.3) is 0 Å². The van der Waals surface area contributed by atoms with Crippen molar-refractivity contribution >= 4 is 17.6 Å². The molecule has 1 amide bonds. The summed E-state index contributed by atoms with van der Waals surface area (Å²) in [5, 5.41) is 4.14. The first-order chi connectivity index (χ1) is 17.0. The van der Waals surface area contributed by atoms with E-state index in [0.29, 0.717) is 11.8 Å². The number of carbonyl (C=O) groups is 1. The number of aromatic nitrogens is 2. The average Bonchev–Trinajstić information content (AvgIpc) is 3.39. The molecule has 0 bridgehead atoms. The molecule has 3 heterocycles. The van der Waals surface area contributed by atoms with Gasteiger partial charge in [0.2, 0.25) is 11.7 Å². The maximum Gasteiger partial charge on any atom is 0.324 e. The summed E-state index contributed by atoms with van der Waals surface area (Å²) < 4.78 is 10.7. The Balaban J connectivity index is 1.13. The number of aryl methyl sites for hydroxylation is 2. The van der Waals surface area contributed by atoms with Crippen molar-refractivity contribution in [2.45, 2.75) is 26.7 Å². The van der Waals surface area contributed by atoms with Crippen LogP contribution >= 0.6 is 0 Å². The van der Waals surface area contributed by atoms with Crippen LogP contribution in [0.3, 0.4) is 0 Å². The summed E-state index contributed by atoms with van der Waals surface area (Å²) in [6, 6.07) is 14.7. The number of nitrogens with zero attached hydrogens (tertiary/aromatic N) is 5. The number of amides is 1. The minimum Gasteiger partial charge on any atom is -0.497 e. The summed E-state index contributed by atoms with van der Waals surface area (Å²) in [5.74, 6) is 1.69. The highest BCUT2D eigenvalue weighted by Gasteiger charge is 2.32. The first kappa shape index (κ1) is 23.2. The van der Waals surface area contributed by atoms with Crippen LogP contribution < -0.4 is 14.5 Å². The van der Waals surface area contributed by atoms with E-state index in [2.05, 4.69) is 56.9 Å². The number of piperazine rings is 1. The van der Waals surface area contributed by atoms with Crippen LogP contribution in [0, 0.1) is 19.8 Å². The highest BCUT2D eigenvalue weighted by molar-refractivity contribution is 5.79. The molecule has 0 N–H and O–H groups in total. The van der Waals surface area contributed by atoms with Crippen LogP contribution in [0.15, 0.2) is 47.0 Å². The molecule has 8 heteroatoms. The van der Waals surface area contributed by atoms with Crippen LogP contribution in [0.1, 0.15) is 24.0 Å². The molecule has 0 spiro atoms. The number of anilines is 2. The maximum atomic E-state index is 13.2. The van der Waals surface area contributed by atoms with Gasteiger partial charge in [-0.1, -0.05) is 22.9 Å². The SMILES string of the molecule is COc1ccc(-c2noc(N3CCC(C(=O)N4CCN(c5ccc(C)cc5C)CC4)CC3)n2)cc1. The van der Waals surface area contributed by atoms with E-state index in [-0.39, 0.29) is 11.8 Å². The van der Waals surface area contributed by atoms with E-state index in [1.165, 1.54) is 16.8 Å². The van der Waals surface area contributed by atoms with Crippen LogP contribution in [0.2, 0.25) is 0 Å². The predicted octanol–water partition coefficient (Wildman–Crippen LogP) is 3.93. The van der Waals surface area contributed by atoms with Crippen molar-refractivity contribution in [2.75, 3.05) is 56.2 Å². The number of rotatable bonds is 5. The summed E-state index contributed by atoms with van der Waals surface area (Å²) >= 11 is 0. The van der Waals surface area contributed by atoms with Gasteiger partial charge in [0.15, 0.2) is 0 Å². The quantitative estimate of drug-likeness (QED) is 0.554. The van der Waals surface area contributed by atoms with Crippen molar-refractivity contribution < 1.29 is 14.1 Å². The Labute approximate surface area is 206 Å². The molecule has 0 saturated carbocycles. The van der Waals surface area contributed by atoms with Crippen molar-refractivity contribution in [2.24, 2.45) is 5.92 Å². The standard InChI is InChI=1S/C27H33N5O3/c1-19-4-9-24(20(2)18-19)30-14-16-31(17-15-30)26(33)22-10-12-32(13-11-22)27-28-25(29-35-27)21-5-7-23(34-3)8-6-21/h4-9,18,22H,10-17H2,1-3H3. The molecular formula is C27H33N5O3. The Morgan fingerprint density at radius 3 is 2.31 bits per heavy atom. The van der Waals surface area contributed by atoms with Crippen molar-refractivity contribution in [1.29, 1.82) is 0 Å². The normalized spacial score (nSPS) is 17.1. The number of piperidine rings is 1. The summed E-state index contributed by atoms with van der Waals surface area (Å²) in [6.45, 7) is 9.08. The molecule has 35 heavy (non-hydrogen) atoms. The van der Waals surface area contributed by atoms with E-state index in [9.17, 15) is 4.79 Å². The van der Waals surface area contributed by atoms with Gasteiger partial charge in [-0.05, 0) is 62.6 Å². The lowest BCUT2D eigenvalue weighted by molar-refractivity contribution is -0.136. The van der Waals surface area contributed by atoms with Crippen LogP contribution in [0.25, 0.3) is 11.4 Å². The zero-order chi connectivity index (χ0) is 24.4. The summed E-state index contributed by atoms with van der Waals surface area (Å²) in [4.78, 5) is 24.3. The number of hydrogen-bond acceptors (Lipinski definition) is 7. The molecule has 2 aliphatic rings. The van der Waals surface area contributed by atoms with Gasteiger partial charge < -0.3 is 24.0 Å². The van der Waals surface area contributed by atoms with E-state index < -0.39 is 0 Å². The topological polar surface area (TPSA) is 74.9 Å². The molecule has 2 fully saturated rings. The van der Waals surface area contributed by atoms with Gasteiger partial charge in [-0.25, -0.2) is 0 Å². The number of ether oxygens (including phenoxy) is 1. The summed E-state index contributed by atoms with van der Waals surface area (Å²) in [6.07, 6.45) is 1.60. The lowest BCUT2D eigenvalue weighted by atomic mass is 9.95. The maximum absolute atomic E-state index is 13.2. The Bertz CT molecular complexity index is 1160. The van der Waals surface area contributed by atoms with Gasteiger partial charge in [0.05, 0.1) is 7.11 Å². The van der Waals surface area contributed by atoms with Crippen molar-refractivity contribution in [1.82, 2.24) is 15.0 Å². The molecule has 0 atom stereocenters. The van der Waals surface area contributed by atoms with Crippen molar-refractivity contribution in [3.8, 4) is 17.1 Å². The third-order valence-electron chi connectivity index (χ3n) is 7.16. The smallest absolute Gasteiger partial charge is 0.324 e. The first-order valence-corrected chi connectivity index (χ1v) is 12.4. The monoisotopic (exact) mass is 475 g/mol. The fourth-order valence-corrected chi connectivity index (χ4v) is 5.11. The summed E-state index contributed by atoms with van der Waals surface area (Å²) in [5.41, 5.74) is 4.74. The molecule has 8 nitrogen and oxygen atoms in total. The molecular weight excluding hydrogens is 442 g/mol. The third-order valence-corrected chi connectivity index (χ3v) is 7.16. The molecule has 3 aromatic rings. The van der Waals surface area contributed by atoms with Gasteiger partial charge >= 0.3 is 6.01 Å². The number of hydrogen-bond donors (Lipinski definition) is 0. The largest absolute Gasteiger partial charge is 0.497 e. The Kier molecular flexibility index (Phi) is 6.61.